The molecule has 0 fully saturated rings. The lowest BCUT2D eigenvalue weighted by Crippen LogP contribution is -2.38. The van der Waals surface area contributed by atoms with Crippen LogP contribution in [0.5, 0.6) is 17.2 Å². The number of aromatic nitrogens is 4. The van der Waals surface area contributed by atoms with Crippen molar-refractivity contribution in [2.75, 3.05) is 20.2 Å². The number of nitrogens with one attached hydrogen (secondary N) is 3. The number of benzene rings is 3. The topological polar surface area (TPSA) is 167 Å². The van der Waals surface area contributed by atoms with Gasteiger partial charge in [0.1, 0.15) is 17.6 Å². The van der Waals surface area contributed by atoms with Gasteiger partial charge in [0.2, 0.25) is 11.8 Å². The summed E-state index contributed by atoms with van der Waals surface area (Å²) in [6.07, 6.45) is 0.387. The molecular formula is C32H30ClN7O5. The number of aromatic amines is 1. The van der Waals surface area contributed by atoms with E-state index < -0.39 is 6.04 Å². The highest BCUT2D eigenvalue weighted by molar-refractivity contribution is 6.30. The van der Waals surface area contributed by atoms with Crippen LogP contribution in [-0.4, -0.2) is 67.7 Å². The summed E-state index contributed by atoms with van der Waals surface area (Å²) < 4.78 is 7.39. The first-order valence-corrected chi connectivity index (χ1v) is 14.6. The molecule has 12 nitrogen and oxygen atoms in total. The van der Waals surface area contributed by atoms with Crippen molar-refractivity contribution in [3.8, 4) is 22.9 Å². The molecule has 230 valence electrons. The highest BCUT2D eigenvalue weighted by Crippen LogP contribution is 2.35. The molecule has 0 spiro atoms. The van der Waals surface area contributed by atoms with Gasteiger partial charge in [0.05, 0.1) is 37.0 Å². The molecule has 0 aliphatic carbocycles. The molecule has 45 heavy (non-hydrogen) atoms. The van der Waals surface area contributed by atoms with E-state index in [0.29, 0.717) is 46.6 Å². The smallest absolute Gasteiger partial charge is 0.239 e. The molecule has 0 saturated heterocycles. The summed E-state index contributed by atoms with van der Waals surface area (Å²) in [6.45, 7) is 1.92. The van der Waals surface area contributed by atoms with E-state index in [1.54, 1.807) is 25.3 Å². The Morgan fingerprint density at radius 1 is 1.02 bits per heavy atom. The van der Waals surface area contributed by atoms with E-state index in [1.807, 2.05) is 47.9 Å². The Kier molecular flexibility index (Phi) is 8.14. The predicted molar refractivity (Wildman–Crippen MR) is 168 cm³/mol. The lowest BCUT2D eigenvalue weighted by molar-refractivity contribution is -0.126. The second kappa shape index (κ2) is 12.3. The Hall–Kier alpha value is -5.36. The fourth-order valence-corrected chi connectivity index (χ4v) is 5.49. The van der Waals surface area contributed by atoms with Gasteiger partial charge in [0.25, 0.3) is 0 Å². The van der Waals surface area contributed by atoms with Gasteiger partial charge in [-0.1, -0.05) is 23.7 Å². The van der Waals surface area contributed by atoms with E-state index in [1.165, 1.54) is 6.07 Å². The standard InChI is InChI=1S/C32H30ClN7O5/c1-17-38-39-32-24(37-29(18-3-6-20(33)7-4-18)23-14-22(45-2)8-9-25(23)40(17)32)15-27(42)35-16-28(43)34-12-11-21-13-19-5-10-26(41)31(44)30(19)36-21/h3-10,13-14,24,36,41,44H,11-12,15-16H2,1-2H3,(H,34,43)(H,35,42)/t24-/m0/s1. The van der Waals surface area contributed by atoms with Crippen LogP contribution in [0.3, 0.4) is 0 Å². The third-order valence-corrected chi connectivity index (χ3v) is 7.85. The van der Waals surface area contributed by atoms with E-state index >= 15 is 0 Å². The number of methoxy groups -OCH3 is 1. The van der Waals surface area contributed by atoms with E-state index in [-0.39, 0.29) is 36.3 Å². The summed E-state index contributed by atoms with van der Waals surface area (Å²) in [5.74, 6) is 0.611. The third-order valence-electron chi connectivity index (χ3n) is 7.60. The van der Waals surface area contributed by atoms with Crippen molar-refractivity contribution in [3.63, 3.8) is 0 Å². The van der Waals surface area contributed by atoms with Gasteiger partial charge >= 0.3 is 0 Å². The quantitative estimate of drug-likeness (QED) is 0.155. The minimum absolute atomic E-state index is 0.0704. The Morgan fingerprint density at radius 3 is 2.60 bits per heavy atom. The number of ether oxygens (including phenoxy) is 1. The number of phenolic OH excluding ortho intramolecular Hbond substituents is 2. The molecule has 0 unspecified atom stereocenters. The number of hydrogen-bond acceptors (Lipinski definition) is 8. The molecule has 1 aliphatic heterocycles. The normalized spacial score (nSPS) is 13.8. The average Bonchev–Trinajstić information content (AvgIpc) is 3.60. The number of aromatic hydroxyl groups is 2. The summed E-state index contributed by atoms with van der Waals surface area (Å²) in [6, 6.07) is 17.2. The summed E-state index contributed by atoms with van der Waals surface area (Å²) in [5, 5.41) is 35.2. The van der Waals surface area contributed by atoms with Crippen molar-refractivity contribution in [1.82, 2.24) is 30.4 Å². The van der Waals surface area contributed by atoms with Gasteiger partial charge < -0.3 is 30.6 Å². The Bertz CT molecular complexity index is 1950. The number of fused-ring (bicyclic) bond motifs is 4. The van der Waals surface area contributed by atoms with E-state index in [2.05, 4.69) is 25.8 Å². The van der Waals surface area contributed by atoms with Crippen LogP contribution >= 0.6 is 11.6 Å². The number of H-pyrrole nitrogens is 1. The number of rotatable bonds is 9. The molecule has 3 aromatic carbocycles. The van der Waals surface area contributed by atoms with Gasteiger partial charge in [-0.2, -0.15) is 0 Å². The molecule has 0 saturated carbocycles. The van der Waals surface area contributed by atoms with Gasteiger partial charge in [-0.05, 0) is 55.5 Å². The van der Waals surface area contributed by atoms with E-state index in [4.69, 9.17) is 21.3 Å². The molecule has 1 aliphatic rings. The van der Waals surface area contributed by atoms with Crippen molar-refractivity contribution < 1.29 is 24.5 Å². The number of phenols is 2. The molecule has 2 amide bonds. The van der Waals surface area contributed by atoms with Gasteiger partial charge in [-0.15, -0.1) is 10.2 Å². The highest BCUT2D eigenvalue weighted by atomic mass is 35.5. The van der Waals surface area contributed by atoms with Gasteiger partial charge in [-0.3, -0.25) is 19.1 Å². The molecule has 1 atom stereocenters. The largest absolute Gasteiger partial charge is 0.504 e. The zero-order chi connectivity index (χ0) is 31.7. The van der Waals surface area contributed by atoms with Crippen molar-refractivity contribution >= 4 is 40.0 Å². The zero-order valence-corrected chi connectivity index (χ0v) is 25.2. The van der Waals surface area contributed by atoms with Crippen LogP contribution in [0.15, 0.2) is 65.7 Å². The lowest BCUT2D eigenvalue weighted by Gasteiger charge is -2.14. The Morgan fingerprint density at radius 2 is 1.82 bits per heavy atom. The van der Waals surface area contributed by atoms with Crippen LogP contribution in [0, 0.1) is 6.92 Å². The van der Waals surface area contributed by atoms with Gasteiger partial charge in [-0.25, -0.2) is 0 Å². The fraction of sp³-hybridized carbons (Fsp3) is 0.219. The molecule has 0 radical (unpaired) electrons. The maximum Gasteiger partial charge on any atom is 0.239 e. The molecule has 2 aromatic heterocycles. The molecule has 5 N–H and O–H groups in total. The number of amides is 2. The van der Waals surface area contributed by atoms with E-state index in [9.17, 15) is 19.8 Å². The number of aryl methyl sites for hydroxylation is 1. The SMILES string of the molecule is COc1ccc2c(c1)C(c1ccc(Cl)cc1)=N[C@@H](CC(=O)NCC(=O)NCCc1cc3ccc(O)c(O)c3[nH]1)c1nnc(C)n1-2. The molecule has 13 heteroatoms. The molecule has 3 heterocycles. The molecule has 5 aromatic rings. The van der Waals surface area contributed by atoms with Crippen LogP contribution in [-0.2, 0) is 16.0 Å². The first-order chi connectivity index (χ1) is 21.7. The first-order valence-electron chi connectivity index (χ1n) is 14.2. The minimum atomic E-state index is -0.698. The van der Waals surface area contributed by atoms with Crippen molar-refractivity contribution in [1.29, 1.82) is 0 Å². The van der Waals surface area contributed by atoms with Crippen LogP contribution in [0.1, 0.15) is 40.9 Å². The summed E-state index contributed by atoms with van der Waals surface area (Å²) >= 11 is 6.17. The van der Waals surface area contributed by atoms with Crippen molar-refractivity contribution in [2.24, 2.45) is 4.99 Å². The van der Waals surface area contributed by atoms with Crippen molar-refractivity contribution in [2.45, 2.75) is 25.8 Å². The Labute approximate surface area is 262 Å². The summed E-state index contributed by atoms with van der Waals surface area (Å²) in [7, 11) is 1.59. The summed E-state index contributed by atoms with van der Waals surface area (Å²) in [5.41, 5.74) is 4.23. The Balaban J connectivity index is 1.16. The molecule has 6 rings (SSSR count). The van der Waals surface area contributed by atoms with E-state index in [0.717, 1.165) is 27.9 Å². The predicted octanol–water partition coefficient (Wildman–Crippen LogP) is 3.89. The number of hydrogen-bond donors (Lipinski definition) is 5. The number of nitrogens with zero attached hydrogens (tertiary/aromatic N) is 4. The minimum Gasteiger partial charge on any atom is -0.504 e. The van der Waals surface area contributed by atoms with Crippen LogP contribution < -0.4 is 15.4 Å². The van der Waals surface area contributed by atoms with Gasteiger partial charge in [0, 0.05) is 40.2 Å². The first kappa shape index (κ1) is 29.7. The maximum atomic E-state index is 13.2. The molecular weight excluding hydrogens is 598 g/mol. The number of aliphatic imine (C=N–C) groups is 1. The number of carbonyl (C=O) groups excluding carboxylic acids is 2. The maximum absolute atomic E-state index is 13.2. The van der Waals surface area contributed by atoms with Gasteiger partial charge in [0.15, 0.2) is 17.3 Å². The fourth-order valence-electron chi connectivity index (χ4n) is 5.37. The second-order valence-corrected chi connectivity index (χ2v) is 11.0. The van der Waals surface area contributed by atoms with Crippen LogP contribution in [0.2, 0.25) is 5.02 Å². The number of halogens is 1. The summed E-state index contributed by atoms with van der Waals surface area (Å²) in [4.78, 5) is 33.8. The average molecular weight is 628 g/mol. The van der Waals surface area contributed by atoms with Crippen LogP contribution in [0.25, 0.3) is 16.6 Å². The molecule has 0 bridgehead atoms. The zero-order valence-electron chi connectivity index (χ0n) is 24.5. The second-order valence-electron chi connectivity index (χ2n) is 10.6. The monoisotopic (exact) mass is 627 g/mol. The third kappa shape index (κ3) is 6.04. The van der Waals surface area contributed by atoms with Crippen LogP contribution in [0.4, 0.5) is 0 Å². The number of carbonyl (C=O) groups is 2. The highest BCUT2D eigenvalue weighted by Gasteiger charge is 2.30. The van der Waals surface area contributed by atoms with Crippen molar-refractivity contribution in [3.05, 3.63) is 94.2 Å². The lowest BCUT2D eigenvalue weighted by atomic mass is 10.00.